The summed E-state index contributed by atoms with van der Waals surface area (Å²) in [5.74, 6) is -2.23. The van der Waals surface area contributed by atoms with Crippen LogP contribution in [0.25, 0.3) is 21.8 Å². The monoisotopic (exact) mass is 821 g/mol. The fourth-order valence-electron chi connectivity index (χ4n) is 9.66. The fourth-order valence-corrected chi connectivity index (χ4v) is 9.92. The number of benzene rings is 3. The average molecular weight is 822 g/mol. The molecule has 6 heterocycles. The molecule has 4 aliphatic heterocycles. The summed E-state index contributed by atoms with van der Waals surface area (Å²) < 4.78 is 33.3. The SMILES string of the molecule is N#Cc1c[nH]c2c(N3CCC(NC(=O)c4c(F)cc(N5CCC(CN6CCC(n7ccc8c(N9CCC(=O)NC9=O)cccc87)CC6)CC5)cc4F)CC3)ccc(Cl)c12. The van der Waals surface area contributed by atoms with Crippen LogP contribution in [0.4, 0.5) is 30.6 Å². The number of aromatic nitrogens is 2. The molecule has 3 aromatic carbocycles. The molecule has 0 unspecified atom stereocenters. The summed E-state index contributed by atoms with van der Waals surface area (Å²) in [6.45, 7) is 5.90. The van der Waals surface area contributed by atoms with E-state index in [0.29, 0.717) is 79.2 Å². The number of imide groups is 1. The van der Waals surface area contributed by atoms with Gasteiger partial charge in [0.25, 0.3) is 5.91 Å². The van der Waals surface area contributed by atoms with E-state index in [2.05, 4.69) is 54.4 Å². The molecule has 0 bridgehead atoms. The van der Waals surface area contributed by atoms with E-state index in [1.165, 1.54) is 12.1 Å². The number of anilines is 3. The van der Waals surface area contributed by atoms with Gasteiger partial charge < -0.3 is 29.6 Å². The number of H-pyrrole nitrogens is 1. The molecule has 12 nitrogen and oxygen atoms in total. The number of piperidine rings is 3. The lowest BCUT2D eigenvalue weighted by atomic mass is 9.94. The highest BCUT2D eigenvalue weighted by atomic mass is 35.5. The van der Waals surface area contributed by atoms with Crippen LogP contribution < -0.4 is 25.3 Å². The maximum Gasteiger partial charge on any atom is 0.328 e. The Labute approximate surface area is 345 Å². The number of carbonyl (C=O) groups is 3. The second-order valence-electron chi connectivity index (χ2n) is 16.3. The number of carbonyl (C=O) groups excluding carboxylic acids is 3. The number of halogens is 3. The molecule has 306 valence electrons. The molecule has 4 saturated heterocycles. The maximum absolute atomic E-state index is 15.5. The Morgan fingerprint density at radius 3 is 2.32 bits per heavy atom. The Hall–Kier alpha value is -5.65. The van der Waals surface area contributed by atoms with E-state index in [0.717, 1.165) is 73.1 Å². The first kappa shape index (κ1) is 38.8. The Kier molecular flexibility index (Phi) is 10.7. The lowest BCUT2D eigenvalue weighted by molar-refractivity contribution is -0.120. The highest BCUT2D eigenvalue weighted by Crippen LogP contribution is 2.37. The molecule has 4 amide bonds. The van der Waals surface area contributed by atoms with Gasteiger partial charge in [0.2, 0.25) is 5.91 Å². The van der Waals surface area contributed by atoms with Crippen molar-refractivity contribution in [1.82, 2.24) is 25.1 Å². The van der Waals surface area contributed by atoms with Crippen LogP contribution in [0.15, 0.2) is 60.9 Å². The van der Waals surface area contributed by atoms with E-state index in [9.17, 15) is 19.6 Å². The summed E-state index contributed by atoms with van der Waals surface area (Å²) in [5, 5.41) is 16.9. The second kappa shape index (κ2) is 16.2. The minimum atomic E-state index is -0.858. The first-order valence-electron chi connectivity index (χ1n) is 20.6. The first-order valence-corrected chi connectivity index (χ1v) is 21.0. The lowest BCUT2D eigenvalue weighted by Crippen LogP contribution is -2.49. The second-order valence-corrected chi connectivity index (χ2v) is 16.7. The van der Waals surface area contributed by atoms with E-state index < -0.39 is 23.1 Å². The summed E-state index contributed by atoms with van der Waals surface area (Å²) in [5.41, 5.74) is 3.99. The van der Waals surface area contributed by atoms with Gasteiger partial charge in [0.1, 0.15) is 23.3 Å². The zero-order valence-electron chi connectivity index (χ0n) is 32.7. The smallest absolute Gasteiger partial charge is 0.328 e. The molecular formula is C44H46ClF2N9O3. The van der Waals surface area contributed by atoms with Crippen LogP contribution in [0.1, 0.15) is 66.9 Å². The molecule has 2 aromatic heterocycles. The molecule has 59 heavy (non-hydrogen) atoms. The molecule has 0 aliphatic carbocycles. The summed E-state index contributed by atoms with van der Waals surface area (Å²) in [7, 11) is 0. The molecule has 4 aliphatic rings. The van der Waals surface area contributed by atoms with E-state index in [4.69, 9.17) is 11.6 Å². The predicted octanol–water partition coefficient (Wildman–Crippen LogP) is 7.32. The third-order valence-corrected chi connectivity index (χ3v) is 13.2. The number of nitrogens with zero attached hydrogens (tertiary/aromatic N) is 6. The topological polar surface area (TPSA) is 133 Å². The van der Waals surface area contributed by atoms with E-state index >= 15 is 8.78 Å². The van der Waals surface area contributed by atoms with Gasteiger partial charge in [0, 0.05) is 99.7 Å². The number of likely N-dealkylation sites (tertiary alicyclic amines) is 1. The minimum absolute atomic E-state index is 0.240. The number of amides is 4. The van der Waals surface area contributed by atoms with Crippen molar-refractivity contribution >= 4 is 68.3 Å². The summed E-state index contributed by atoms with van der Waals surface area (Å²) in [4.78, 5) is 49.0. The summed E-state index contributed by atoms with van der Waals surface area (Å²) >= 11 is 6.38. The first-order chi connectivity index (χ1) is 28.6. The maximum atomic E-state index is 15.5. The van der Waals surface area contributed by atoms with E-state index in [-0.39, 0.29) is 24.4 Å². The number of hydrogen-bond donors (Lipinski definition) is 3. The average Bonchev–Trinajstić information content (AvgIpc) is 3.88. The third kappa shape index (κ3) is 7.58. The van der Waals surface area contributed by atoms with Crippen molar-refractivity contribution in [2.75, 3.05) is 67.1 Å². The molecule has 0 saturated carbocycles. The molecule has 0 atom stereocenters. The summed E-state index contributed by atoms with van der Waals surface area (Å²) in [6.07, 6.45) is 9.07. The minimum Gasteiger partial charge on any atom is -0.371 e. The number of aromatic amines is 1. The summed E-state index contributed by atoms with van der Waals surface area (Å²) in [6, 6.07) is 16.2. The number of nitrogens with one attached hydrogen (secondary N) is 3. The van der Waals surface area contributed by atoms with Gasteiger partial charge in [-0.15, -0.1) is 0 Å². The highest BCUT2D eigenvalue weighted by molar-refractivity contribution is 6.36. The van der Waals surface area contributed by atoms with Crippen molar-refractivity contribution in [3.63, 3.8) is 0 Å². The Balaban J connectivity index is 0.749. The van der Waals surface area contributed by atoms with Crippen molar-refractivity contribution in [3.05, 3.63) is 88.7 Å². The zero-order valence-corrected chi connectivity index (χ0v) is 33.4. The molecule has 4 fully saturated rings. The number of urea groups is 1. The van der Waals surface area contributed by atoms with Crippen LogP contribution in [0.2, 0.25) is 5.02 Å². The van der Waals surface area contributed by atoms with Gasteiger partial charge in [0.15, 0.2) is 0 Å². The fraction of sp³-hybridized carbons (Fsp3) is 0.409. The van der Waals surface area contributed by atoms with Crippen molar-refractivity contribution in [1.29, 1.82) is 5.26 Å². The van der Waals surface area contributed by atoms with Crippen molar-refractivity contribution < 1.29 is 23.2 Å². The molecular weight excluding hydrogens is 776 g/mol. The quantitative estimate of drug-likeness (QED) is 0.150. The van der Waals surface area contributed by atoms with Crippen LogP contribution in [0.3, 0.4) is 0 Å². The third-order valence-electron chi connectivity index (χ3n) is 12.8. The van der Waals surface area contributed by atoms with E-state index in [1.54, 1.807) is 17.2 Å². The van der Waals surface area contributed by atoms with Crippen molar-refractivity contribution in [2.45, 2.75) is 57.0 Å². The van der Waals surface area contributed by atoms with Gasteiger partial charge >= 0.3 is 6.03 Å². The highest BCUT2D eigenvalue weighted by Gasteiger charge is 2.31. The van der Waals surface area contributed by atoms with Crippen LogP contribution in [0.5, 0.6) is 0 Å². The van der Waals surface area contributed by atoms with Crippen LogP contribution in [0, 0.1) is 28.9 Å². The molecule has 3 N–H and O–H groups in total. The van der Waals surface area contributed by atoms with Gasteiger partial charge in [0.05, 0.1) is 33.0 Å². The number of rotatable bonds is 8. The van der Waals surface area contributed by atoms with Crippen molar-refractivity contribution in [3.8, 4) is 6.07 Å². The van der Waals surface area contributed by atoms with Crippen LogP contribution in [-0.4, -0.2) is 90.7 Å². The molecule has 15 heteroatoms. The molecule has 9 rings (SSSR count). The Morgan fingerprint density at radius 1 is 0.881 bits per heavy atom. The zero-order chi connectivity index (χ0) is 40.8. The number of hydrogen-bond acceptors (Lipinski definition) is 7. The molecule has 0 spiro atoms. The number of fused-ring (bicyclic) bond motifs is 2. The van der Waals surface area contributed by atoms with Gasteiger partial charge in [-0.25, -0.2) is 13.6 Å². The van der Waals surface area contributed by atoms with Gasteiger partial charge in [-0.1, -0.05) is 17.7 Å². The van der Waals surface area contributed by atoms with E-state index in [1.807, 2.05) is 23.1 Å². The molecule has 5 aromatic rings. The number of nitriles is 1. The van der Waals surface area contributed by atoms with Gasteiger partial charge in [-0.2, -0.15) is 5.26 Å². The largest absolute Gasteiger partial charge is 0.371 e. The van der Waals surface area contributed by atoms with Gasteiger partial charge in [-0.05, 0) is 86.9 Å². The van der Waals surface area contributed by atoms with Gasteiger partial charge in [-0.3, -0.25) is 19.8 Å². The van der Waals surface area contributed by atoms with Crippen LogP contribution >= 0.6 is 11.6 Å². The van der Waals surface area contributed by atoms with Crippen LogP contribution in [-0.2, 0) is 4.79 Å². The Morgan fingerprint density at radius 2 is 1.61 bits per heavy atom. The standard InChI is InChI=1S/C44H46ClF2N9O3/c45-33-4-5-38(42-40(33)28(24-48)25-49-42)54-18-8-29(9-19-54)50-43(58)41-34(46)22-31(23-35(41)47)53-16-6-27(7-17-53)26-52-14-10-30(11-15-52)55-20-12-32-36(55)2-1-3-37(32)56-21-13-39(57)51-44(56)59/h1-5,12,20,22-23,25,27,29-30,49H,6-11,13-19,21,26H2,(H,50,58)(H,51,57,59). The predicted molar refractivity (Wildman–Crippen MR) is 224 cm³/mol. The lowest BCUT2D eigenvalue weighted by Gasteiger charge is -2.39. The normalized spacial score (nSPS) is 19.1. The van der Waals surface area contributed by atoms with Crippen molar-refractivity contribution in [2.24, 2.45) is 5.92 Å². The molecule has 0 radical (unpaired) electrons. The Bertz CT molecular complexity index is 2450.